The van der Waals surface area contributed by atoms with E-state index in [0.717, 1.165) is 5.56 Å². The Morgan fingerprint density at radius 3 is 2.70 bits per heavy atom. The molecule has 1 N–H and O–H groups in total. The highest BCUT2D eigenvalue weighted by Gasteiger charge is 2.23. The van der Waals surface area contributed by atoms with E-state index in [9.17, 15) is 4.79 Å². The minimum absolute atomic E-state index is 0.128. The third-order valence-electron chi connectivity index (χ3n) is 2.66. The van der Waals surface area contributed by atoms with Crippen molar-refractivity contribution in [3.05, 3.63) is 28.7 Å². The molecule has 0 spiro atoms. The standard InChI is InChI=1S/C14H16N2O3S/c1-4-15-14-16-13(17)12(20-14)8-9-5-6-10(18-2)11(7-9)19-3/h5-8H,4H2,1-3H3,(H,15,16,17)/b12-8-. The second-order valence-corrected chi connectivity index (χ2v) is 4.99. The smallest absolute Gasteiger partial charge is 0.264 e. The molecule has 1 aromatic carbocycles. The quantitative estimate of drug-likeness (QED) is 0.865. The van der Waals surface area contributed by atoms with Crippen molar-refractivity contribution in [3.8, 4) is 11.5 Å². The van der Waals surface area contributed by atoms with Crippen molar-refractivity contribution < 1.29 is 14.3 Å². The van der Waals surface area contributed by atoms with Gasteiger partial charge < -0.3 is 14.8 Å². The highest BCUT2D eigenvalue weighted by Crippen LogP contribution is 2.31. The summed E-state index contributed by atoms with van der Waals surface area (Å²) in [6, 6.07) is 5.51. The van der Waals surface area contributed by atoms with Gasteiger partial charge in [-0.3, -0.25) is 9.79 Å². The molecule has 5 nitrogen and oxygen atoms in total. The van der Waals surface area contributed by atoms with E-state index in [1.54, 1.807) is 20.3 Å². The van der Waals surface area contributed by atoms with Crippen LogP contribution in [0.15, 0.2) is 28.1 Å². The van der Waals surface area contributed by atoms with Crippen molar-refractivity contribution in [3.63, 3.8) is 0 Å². The fourth-order valence-electron chi connectivity index (χ4n) is 1.74. The molecule has 1 aromatic rings. The zero-order valence-electron chi connectivity index (χ0n) is 11.6. The van der Waals surface area contributed by atoms with Gasteiger partial charge in [0, 0.05) is 6.54 Å². The van der Waals surface area contributed by atoms with Crippen LogP contribution in [0.3, 0.4) is 0 Å². The Morgan fingerprint density at radius 2 is 2.05 bits per heavy atom. The maximum Gasteiger partial charge on any atom is 0.264 e. The van der Waals surface area contributed by atoms with E-state index in [2.05, 4.69) is 10.3 Å². The minimum Gasteiger partial charge on any atom is -0.493 e. The van der Waals surface area contributed by atoms with Crippen LogP contribution in [0.5, 0.6) is 11.5 Å². The van der Waals surface area contributed by atoms with Crippen LogP contribution in [0.25, 0.3) is 6.08 Å². The molecule has 2 rings (SSSR count). The molecule has 1 aliphatic heterocycles. The van der Waals surface area contributed by atoms with E-state index >= 15 is 0 Å². The number of ether oxygens (including phenoxy) is 2. The molecule has 0 atom stereocenters. The second kappa shape index (κ2) is 6.47. The lowest BCUT2D eigenvalue weighted by atomic mass is 10.2. The topological polar surface area (TPSA) is 59.9 Å². The van der Waals surface area contributed by atoms with Crippen LogP contribution in [0, 0.1) is 0 Å². The molecule has 1 fully saturated rings. The van der Waals surface area contributed by atoms with E-state index < -0.39 is 0 Å². The van der Waals surface area contributed by atoms with Crippen LogP contribution in [-0.2, 0) is 4.79 Å². The number of carbonyl (C=O) groups excluding carboxylic acids is 1. The predicted molar refractivity (Wildman–Crippen MR) is 81.2 cm³/mol. The molecule has 0 unspecified atom stereocenters. The Balaban J connectivity index is 2.27. The van der Waals surface area contributed by atoms with Crippen LogP contribution in [0.1, 0.15) is 12.5 Å². The lowest BCUT2D eigenvalue weighted by Gasteiger charge is -2.07. The number of amidine groups is 1. The maximum atomic E-state index is 11.8. The van der Waals surface area contributed by atoms with Crippen molar-refractivity contribution in [2.24, 2.45) is 4.99 Å². The largest absolute Gasteiger partial charge is 0.493 e. The summed E-state index contributed by atoms with van der Waals surface area (Å²) in [7, 11) is 3.17. The number of carbonyl (C=O) groups is 1. The Morgan fingerprint density at radius 1 is 1.30 bits per heavy atom. The summed E-state index contributed by atoms with van der Waals surface area (Å²) in [6.07, 6.45) is 1.81. The van der Waals surface area contributed by atoms with Gasteiger partial charge in [0.2, 0.25) is 0 Å². The van der Waals surface area contributed by atoms with Crippen LogP contribution >= 0.6 is 11.8 Å². The summed E-state index contributed by atoms with van der Waals surface area (Å²) in [4.78, 5) is 16.6. The number of rotatable bonds is 4. The maximum absolute atomic E-state index is 11.8. The second-order valence-electron chi connectivity index (χ2n) is 3.96. The number of hydrogen-bond acceptors (Lipinski definition) is 5. The van der Waals surface area contributed by atoms with E-state index in [1.807, 2.05) is 25.1 Å². The van der Waals surface area contributed by atoms with Gasteiger partial charge in [-0.25, -0.2) is 0 Å². The van der Waals surface area contributed by atoms with Crippen LogP contribution in [0.4, 0.5) is 0 Å². The highest BCUT2D eigenvalue weighted by atomic mass is 32.2. The molecule has 1 amide bonds. The summed E-state index contributed by atoms with van der Waals surface area (Å²) in [5, 5.41) is 3.37. The first-order chi connectivity index (χ1) is 9.67. The fourth-order valence-corrected chi connectivity index (χ4v) is 2.62. The summed E-state index contributed by atoms with van der Waals surface area (Å²) >= 11 is 1.34. The lowest BCUT2D eigenvalue weighted by molar-refractivity contribution is -0.115. The van der Waals surface area contributed by atoms with Gasteiger partial charge in [-0.2, -0.15) is 0 Å². The number of nitrogens with one attached hydrogen (secondary N) is 1. The van der Waals surface area contributed by atoms with Crippen LogP contribution in [0.2, 0.25) is 0 Å². The van der Waals surface area contributed by atoms with Gasteiger partial charge in [-0.15, -0.1) is 0 Å². The fraction of sp³-hybridized carbons (Fsp3) is 0.286. The van der Waals surface area contributed by atoms with E-state index in [0.29, 0.717) is 28.1 Å². The van der Waals surface area contributed by atoms with Gasteiger partial charge in [0.15, 0.2) is 16.7 Å². The summed E-state index contributed by atoms with van der Waals surface area (Å²) < 4.78 is 10.4. The molecule has 1 aliphatic rings. The number of nitrogens with zero attached hydrogens (tertiary/aromatic N) is 1. The zero-order valence-corrected chi connectivity index (χ0v) is 12.4. The Hall–Kier alpha value is -1.95. The molecular formula is C14H16N2O3S. The number of amides is 1. The van der Waals surface area contributed by atoms with Crippen LogP contribution < -0.4 is 14.8 Å². The molecule has 1 saturated heterocycles. The number of aliphatic imine (C=N–C) groups is 1. The zero-order chi connectivity index (χ0) is 14.5. The number of methoxy groups -OCH3 is 2. The third-order valence-corrected chi connectivity index (χ3v) is 3.61. The minimum atomic E-state index is -0.128. The van der Waals surface area contributed by atoms with Gasteiger partial charge in [0.05, 0.1) is 19.1 Å². The molecule has 0 aromatic heterocycles. The summed E-state index contributed by atoms with van der Waals surface area (Å²) in [5.74, 6) is 1.16. The van der Waals surface area contributed by atoms with Crippen LogP contribution in [-0.4, -0.2) is 31.8 Å². The molecule has 1 heterocycles. The van der Waals surface area contributed by atoms with Crippen molar-refractivity contribution in [2.75, 3.05) is 20.8 Å². The molecule has 0 aliphatic carbocycles. The first kappa shape index (κ1) is 14.5. The molecule has 0 radical (unpaired) electrons. The van der Waals surface area contributed by atoms with Crippen molar-refractivity contribution in [1.29, 1.82) is 0 Å². The molecule has 6 heteroatoms. The molecule has 0 saturated carbocycles. The summed E-state index contributed by atoms with van der Waals surface area (Å²) in [6.45, 7) is 2.57. The molecular weight excluding hydrogens is 276 g/mol. The molecule has 20 heavy (non-hydrogen) atoms. The molecule has 0 bridgehead atoms. The molecule has 106 valence electrons. The lowest BCUT2D eigenvalue weighted by Crippen LogP contribution is -2.19. The van der Waals surface area contributed by atoms with Gasteiger partial charge >= 0.3 is 0 Å². The van der Waals surface area contributed by atoms with E-state index in [4.69, 9.17) is 9.47 Å². The van der Waals surface area contributed by atoms with Crippen molar-refractivity contribution in [1.82, 2.24) is 5.32 Å². The van der Waals surface area contributed by atoms with Crippen molar-refractivity contribution >= 4 is 28.9 Å². The van der Waals surface area contributed by atoms with E-state index in [-0.39, 0.29) is 5.91 Å². The Labute approximate surface area is 122 Å². The normalized spacial score (nSPS) is 18.4. The predicted octanol–water partition coefficient (Wildman–Crippen LogP) is 2.28. The average Bonchev–Trinajstić information content (AvgIpc) is 2.79. The van der Waals surface area contributed by atoms with Crippen molar-refractivity contribution in [2.45, 2.75) is 6.92 Å². The third kappa shape index (κ3) is 3.14. The first-order valence-corrected chi connectivity index (χ1v) is 6.97. The monoisotopic (exact) mass is 292 g/mol. The van der Waals surface area contributed by atoms with Gasteiger partial charge in [0.25, 0.3) is 5.91 Å². The number of thioether (sulfide) groups is 1. The van der Waals surface area contributed by atoms with Gasteiger partial charge in [-0.05, 0) is 42.5 Å². The summed E-state index contributed by atoms with van der Waals surface area (Å²) in [5.41, 5.74) is 0.873. The number of hydrogen-bond donors (Lipinski definition) is 1. The Kier molecular flexibility index (Phi) is 4.68. The average molecular weight is 292 g/mol. The highest BCUT2D eigenvalue weighted by molar-refractivity contribution is 8.18. The first-order valence-electron chi connectivity index (χ1n) is 6.15. The van der Waals surface area contributed by atoms with Gasteiger partial charge in [0.1, 0.15) is 0 Å². The van der Waals surface area contributed by atoms with E-state index in [1.165, 1.54) is 11.8 Å². The Bertz CT molecular complexity index is 582. The van der Waals surface area contributed by atoms with Gasteiger partial charge in [-0.1, -0.05) is 6.07 Å². The SMILES string of the molecule is CCN=C1NC(=O)/C(=C/c2ccc(OC)c(OC)c2)S1. The number of benzene rings is 1.